The van der Waals surface area contributed by atoms with Crippen molar-refractivity contribution in [3.8, 4) is 5.75 Å². The summed E-state index contributed by atoms with van der Waals surface area (Å²) in [5.41, 5.74) is 0. The monoisotopic (exact) mass is 275 g/mol. The molecule has 76 valence electrons. The van der Waals surface area contributed by atoms with E-state index in [9.17, 15) is 4.79 Å². The standard InChI is InChI=1S/C9H10BrNO2S/c10-5-9(12)11-2-3-13-7-1-4-14-8(7)6-11/h1,4H,2-3,5-6H2. The van der Waals surface area contributed by atoms with Gasteiger partial charge in [0.05, 0.1) is 23.3 Å². The van der Waals surface area contributed by atoms with E-state index < -0.39 is 0 Å². The Bertz CT molecular complexity index is 339. The first-order valence-corrected chi connectivity index (χ1v) is 6.34. The van der Waals surface area contributed by atoms with E-state index in [1.165, 1.54) is 0 Å². The first kappa shape index (κ1) is 9.98. The Kier molecular flexibility index (Phi) is 3.08. The Morgan fingerprint density at radius 3 is 3.36 bits per heavy atom. The van der Waals surface area contributed by atoms with Gasteiger partial charge in [0.2, 0.25) is 5.91 Å². The van der Waals surface area contributed by atoms with Crippen LogP contribution in [0.4, 0.5) is 0 Å². The lowest BCUT2D eigenvalue weighted by Crippen LogP contribution is -2.33. The largest absolute Gasteiger partial charge is 0.491 e. The van der Waals surface area contributed by atoms with Crippen molar-refractivity contribution >= 4 is 33.2 Å². The highest BCUT2D eigenvalue weighted by Crippen LogP contribution is 2.28. The van der Waals surface area contributed by atoms with Gasteiger partial charge in [-0.25, -0.2) is 0 Å². The second-order valence-electron chi connectivity index (χ2n) is 3.01. The topological polar surface area (TPSA) is 29.5 Å². The maximum Gasteiger partial charge on any atom is 0.233 e. The van der Waals surface area contributed by atoms with Gasteiger partial charge in [0.25, 0.3) is 0 Å². The highest BCUT2D eigenvalue weighted by atomic mass is 79.9. The summed E-state index contributed by atoms with van der Waals surface area (Å²) in [7, 11) is 0. The van der Waals surface area contributed by atoms with Crippen molar-refractivity contribution in [1.82, 2.24) is 4.90 Å². The number of rotatable bonds is 1. The molecule has 0 N–H and O–H groups in total. The van der Waals surface area contributed by atoms with Crippen molar-refractivity contribution in [2.24, 2.45) is 0 Å². The molecular weight excluding hydrogens is 266 g/mol. The van der Waals surface area contributed by atoms with E-state index in [1.54, 1.807) is 11.3 Å². The van der Waals surface area contributed by atoms with Crippen molar-refractivity contribution in [1.29, 1.82) is 0 Å². The maximum atomic E-state index is 11.5. The molecule has 1 aromatic rings. The van der Waals surface area contributed by atoms with Gasteiger partial charge in [-0.1, -0.05) is 15.9 Å². The zero-order valence-electron chi connectivity index (χ0n) is 7.53. The second-order valence-corrected chi connectivity index (χ2v) is 4.57. The van der Waals surface area contributed by atoms with Gasteiger partial charge in [-0.3, -0.25) is 4.79 Å². The normalized spacial score (nSPS) is 15.6. The molecule has 0 atom stereocenters. The predicted octanol–water partition coefficient (Wildman–Crippen LogP) is 1.86. The minimum Gasteiger partial charge on any atom is -0.491 e. The van der Waals surface area contributed by atoms with E-state index in [0.717, 1.165) is 10.6 Å². The number of hydrogen-bond acceptors (Lipinski definition) is 3. The van der Waals surface area contributed by atoms with Crippen molar-refractivity contribution in [3.63, 3.8) is 0 Å². The van der Waals surface area contributed by atoms with Crippen LogP contribution in [0, 0.1) is 0 Å². The number of nitrogens with zero attached hydrogens (tertiary/aromatic N) is 1. The van der Waals surface area contributed by atoms with Crippen LogP contribution in [0.5, 0.6) is 5.75 Å². The molecule has 1 aliphatic heterocycles. The van der Waals surface area contributed by atoms with E-state index in [1.807, 2.05) is 16.3 Å². The number of alkyl halides is 1. The van der Waals surface area contributed by atoms with E-state index in [0.29, 0.717) is 25.0 Å². The summed E-state index contributed by atoms with van der Waals surface area (Å²) >= 11 is 4.81. The molecule has 14 heavy (non-hydrogen) atoms. The lowest BCUT2D eigenvalue weighted by Gasteiger charge is -2.17. The van der Waals surface area contributed by atoms with Crippen molar-refractivity contribution in [2.75, 3.05) is 18.5 Å². The summed E-state index contributed by atoms with van der Waals surface area (Å²) in [6, 6.07) is 1.96. The number of carbonyl (C=O) groups excluding carboxylic acids is 1. The van der Waals surface area contributed by atoms with E-state index in [4.69, 9.17) is 4.74 Å². The number of fused-ring (bicyclic) bond motifs is 1. The summed E-state index contributed by atoms with van der Waals surface area (Å²) < 4.78 is 5.51. The van der Waals surface area contributed by atoms with Crippen LogP contribution in [0.1, 0.15) is 4.88 Å². The van der Waals surface area contributed by atoms with Gasteiger partial charge < -0.3 is 9.64 Å². The summed E-state index contributed by atoms with van der Waals surface area (Å²) in [4.78, 5) is 14.4. The average Bonchev–Trinajstić information content (AvgIpc) is 2.54. The first-order chi connectivity index (χ1) is 6.81. The maximum absolute atomic E-state index is 11.5. The Balaban J connectivity index is 2.15. The van der Waals surface area contributed by atoms with Gasteiger partial charge in [-0.05, 0) is 11.4 Å². The molecule has 0 aliphatic carbocycles. The van der Waals surface area contributed by atoms with Crippen LogP contribution in [0.15, 0.2) is 11.4 Å². The van der Waals surface area contributed by atoms with Crippen LogP contribution in [0.25, 0.3) is 0 Å². The van der Waals surface area contributed by atoms with Gasteiger partial charge in [0.1, 0.15) is 12.4 Å². The zero-order valence-corrected chi connectivity index (χ0v) is 9.94. The number of amides is 1. The minimum absolute atomic E-state index is 0.120. The fourth-order valence-corrected chi connectivity index (χ4v) is 2.57. The summed E-state index contributed by atoms with van der Waals surface area (Å²) in [5, 5.41) is 2.38. The molecule has 0 saturated carbocycles. The first-order valence-electron chi connectivity index (χ1n) is 4.34. The molecule has 0 fully saturated rings. The molecule has 0 aromatic carbocycles. The average molecular weight is 276 g/mol. The number of hydrogen-bond donors (Lipinski definition) is 0. The molecule has 2 rings (SSSR count). The summed E-state index contributed by atoms with van der Waals surface area (Å²) in [6.45, 7) is 1.94. The van der Waals surface area contributed by atoms with E-state index in [-0.39, 0.29) is 5.91 Å². The second kappa shape index (κ2) is 4.31. The Morgan fingerprint density at radius 1 is 1.71 bits per heavy atom. The number of ether oxygens (including phenoxy) is 1. The number of halogens is 1. The third-order valence-corrected chi connectivity index (χ3v) is 3.49. The molecule has 0 unspecified atom stereocenters. The number of thiophene rings is 1. The van der Waals surface area contributed by atoms with Gasteiger partial charge >= 0.3 is 0 Å². The Hall–Kier alpha value is -0.550. The molecule has 0 bridgehead atoms. The van der Waals surface area contributed by atoms with Crippen molar-refractivity contribution in [2.45, 2.75) is 6.54 Å². The molecule has 0 spiro atoms. The van der Waals surface area contributed by atoms with Gasteiger partial charge in [0, 0.05) is 0 Å². The fraction of sp³-hybridized carbons (Fsp3) is 0.444. The fourth-order valence-electron chi connectivity index (χ4n) is 1.39. The molecule has 1 amide bonds. The smallest absolute Gasteiger partial charge is 0.233 e. The van der Waals surface area contributed by atoms with Crippen LogP contribution in [0.2, 0.25) is 0 Å². The SMILES string of the molecule is O=C(CBr)N1CCOc2ccsc2C1. The van der Waals surface area contributed by atoms with E-state index >= 15 is 0 Å². The van der Waals surface area contributed by atoms with Crippen molar-refractivity contribution in [3.05, 3.63) is 16.3 Å². The van der Waals surface area contributed by atoms with Crippen LogP contribution in [-0.4, -0.2) is 29.3 Å². The summed E-state index contributed by atoms with van der Waals surface area (Å²) in [6.07, 6.45) is 0. The third kappa shape index (κ3) is 1.93. The van der Waals surface area contributed by atoms with Crippen LogP contribution in [-0.2, 0) is 11.3 Å². The third-order valence-electron chi connectivity index (χ3n) is 2.12. The van der Waals surface area contributed by atoms with Crippen LogP contribution >= 0.6 is 27.3 Å². The van der Waals surface area contributed by atoms with E-state index in [2.05, 4.69) is 15.9 Å². The highest BCUT2D eigenvalue weighted by Gasteiger charge is 2.19. The molecule has 2 heterocycles. The van der Waals surface area contributed by atoms with Gasteiger partial charge in [-0.15, -0.1) is 11.3 Å². The highest BCUT2D eigenvalue weighted by molar-refractivity contribution is 9.09. The molecular formula is C9H10BrNO2S. The summed E-state index contributed by atoms with van der Waals surface area (Å²) in [5.74, 6) is 1.05. The van der Waals surface area contributed by atoms with Crippen LogP contribution in [0.3, 0.4) is 0 Å². The lowest BCUT2D eigenvalue weighted by atomic mass is 10.4. The molecule has 0 radical (unpaired) electrons. The van der Waals surface area contributed by atoms with Gasteiger partial charge in [0.15, 0.2) is 0 Å². The molecule has 3 nitrogen and oxygen atoms in total. The minimum atomic E-state index is 0.120. The van der Waals surface area contributed by atoms with Crippen LogP contribution < -0.4 is 4.74 Å². The predicted molar refractivity (Wildman–Crippen MR) is 59.0 cm³/mol. The molecule has 1 aromatic heterocycles. The number of carbonyl (C=O) groups is 1. The Morgan fingerprint density at radius 2 is 2.57 bits per heavy atom. The van der Waals surface area contributed by atoms with Gasteiger partial charge in [-0.2, -0.15) is 0 Å². The Labute approximate surface area is 94.8 Å². The lowest BCUT2D eigenvalue weighted by molar-refractivity contribution is -0.128. The zero-order chi connectivity index (χ0) is 9.97. The molecule has 0 saturated heterocycles. The van der Waals surface area contributed by atoms with Crippen molar-refractivity contribution < 1.29 is 9.53 Å². The molecule has 1 aliphatic rings. The molecule has 5 heteroatoms. The quantitative estimate of drug-likeness (QED) is 0.733.